The van der Waals surface area contributed by atoms with E-state index in [0.717, 1.165) is 6.92 Å². The van der Waals surface area contributed by atoms with Crippen molar-refractivity contribution in [2.45, 2.75) is 52.4 Å². The Morgan fingerprint density at radius 3 is 2.43 bits per heavy atom. The molecule has 0 saturated carbocycles. The highest BCUT2D eigenvalue weighted by Gasteiger charge is 2.36. The van der Waals surface area contributed by atoms with Gasteiger partial charge in [-0.2, -0.15) is 18.3 Å². The lowest BCUT2D eigenvalue weighted by Gasteiger charge is -2.24. The minimum atomic E-state index is -4.39. The molecule has 0 fully saturated rings. The third-order valence-electron chi connectivity index (χ3n) is 4.26. The van der Waals surface area contributed by atoms with Crippen LogP contribution in [0.15, 0.2) is 18.2 Å². The number of alkyl halides is 3. The van der Waals surface area contributed by atoms with Gasteiger partial charge in [-0.3, -0.25) is 4.68 Å². The van der Waals surface area contributed by atoms with Gasteiger partial charge in [-0.15, -0.1) is 0 Å². The lowest BCUT2D eigenvalue weighted by Crippen LogP contribution is -2.33. The van der Waals surface area contributed by atoms with Crippen LogP contribution in [0.4, 0.5) is 18.9 Å². The summed E-state index contributed by atoms with van der Waals surface area (Å²) in [6.45, 7) is 8.49. The maximum Gasteiger partial charge on any atom is 0.408 e. The number of rotatable bonds is 6. The van der Waals surface area contributed by atoms with Crippen LogP contribution in [0.5, 0.6) is 5.75 Å². The first-order valence-electron chi connectivity index (χ1n) is 9.29. The number of methoxy groups -OCH3 is 1. The number of esters is 1. The van der Waals surface area contributed by atoms with E-state index < -0.39 is 23.7 Å². The third kappa shape index (κ3) is 5.00. The van der Waals surface area contributed by atoms with Gasteiger partial charge in [0.2, 0.25) is 0 Å². The number of hydrogen-bond donors (Lipinski definition) is 1. The van der Waals surface area contributed by atoms with Crippen LogP contribution in [0, 0.1) is 0 Å². The van der Waals surface area contributed by atoms with E-state index in [1.54, 1.807) is 17.7 Å². The summed E-state index contributed by atoms with van der Waals surface area (Å²) in [6, 6.07) is 2.76. The van der Waals surface area contributed by atoms with Gasteiger partial charge in [0.15, 0.2) is 5.69 Å². The number of ether oxygens (including phenoxy) is 2. The van der Waals surface area contributed by atoms with E-state index in [4.69, 9.17) is 21.1 Å². The van der Waals surface area contributed by atoms with Crippen molar-refractivity contribution in [3.05, 3.63) is 28.9 Å². The van der Waals surface area contributed by atoms with Crippen LogP contribution >= 0.6 is 11.6 Å². The lowest BCUT2D eigenvalue weighted by molar-refractivity contribution is -0.138. The average Bonchev–Trinajstić information content (AvgIpc) is 2.98. The molecule has 1 heterocycles. The molecular weight excluding hydrogens is 423 g/mol. The third-order valence-corrected chi connectivity index (χ3v) is 4.62. The van der Waals surface area contributed by atoms with Crippen LogP contribution in [0.1, 0.15) is 45.1 Å². The molecule has 0 saturated heterocycles. The fourth-order valence-electron chi connectivity index (χ4n) is 2.76. The van der Waals surface area contributed by atoms with Crippen molar-refractivity contribution in [3.8, 4) is 17.0 Å². The monoisotopic (exact) mass is 447 g/mol. The second kappa shape index (κ2) is 8.75. The summed E-state index contributed by atoms with van der Waals surface area (Å²) >= 11 is 6.51. The van der Waals surface area contributed by atoms with E-state index in [1.165, 1.54) is 19.2 Å². The van der Waals surface area contributed by atoms with E-state index in [-0.39, 0.29) is 28.8 Å². The Labute approximate surface area is 178 Å². The van der Waals surface area contributed by atoms with Crippen molar-refractivity contribution in [3.63, 3.8) is 0 Å². The van der Waals surface area contributed by atoms with Gasteiger partial charge in [-0.05, 0) is 46.8 Å². The van der Waals surface area contributed by atoms with Gasteiger partial charge in [0.05, 0.1) is 24.9 Å². The first-order valence-corrected chi connectivity index (χ1v) is 9.66. The van der Waals surface area contributed by atoms with E-state index >= 15 is 0 Å². The molecule has 166 valence electrons. The summed E-state index contributed by atoms with van der Waals surface area (Å²) in [7, 11) is 1.40. The van der Waals surface area contributed by atoms with Crippen LogP contribution in [0.25, 0.3) is 11.3 Å². The molecule has 30 heavy (non-hydrogen) atoms. The predicted octanol–water partition coefficient (Wildman–Crippen LogP) is 5.51. The van der Waals surface area contributed by atoms with Crippen LogP contribution < -0.4 is 10.1 Å². The van der Waals surface area contributed by atoms with Gasteiger partial charge < -0.3 is 14.8 Å². The molecule has 2 aromatic rings. The predicted molar refractivity (Wildman–Crippen MR) is 109 cm³/mol. The number of halogens is 4. The highest BCUT2D eigenvalue weighted by Crippen LogP contribution is 2.41. The van der Waals surface area contributed by atoms with Crippen molar-refractivity contribution in [1.82, 2.24) is 9.78 Å². The number of nitrogens with zero attached hydrogens (tertiary/aromatic N) is 2. The minimum absolute atomic E-state index is 0.0432. The number of aromatic nitrogens is 2. The van der Waals surface area contributed by atoms with Gasteiger partial charge in [0, 0.05) is 17.3 Å². The molecule has 0 aliphatic carbocycles. The normalized spacial score (nSPS) is 13.1. The van der Waals surface area contributed by atoms with Crippen molar-refractivity contribution in [1.29, 1.82) is 0 Å². The van der Waals surface area contributed by atoms with Gasteiger partial charge in [0.1, 0.15) is 16.8 Å². The summed E-state index contributed by atoms with van der Waals surface area (Å²) in [6.07, 6.45) is -4.39. The standard InChI is InChI=1S/C20H25ClF3N3O3/c1-7-30-18(28)16-15(21)17(27(26-16)19(3,4)5)13-9-8-12(10-14(13)29-6)25-11(2)20(22,23)24/h8-11,25H,7H2,1-6H3. The highest BCUT2D eigenvalue weighted by molar-refractivity contribution is 6.36. The Kier molecular flexibility index (Phi) is 6.96. The summed E-state index contributed by atoms with van der Waals surface area (Å²) in [4.78, 5) is 12.3. The Balaban J connectivity index is 2.61. The van der Waals surface area contributed by atoms with E-state index in [9.17, 15) is 18.0 Å². The van der Waals surface area contributed by atoms with Gasteiger partial charge >= 0.3 is 12.1 Å². The molecule has 0 amide bonds. The molecule has 10 heteroatoms. The molecule has 1 aromatic heterocycles. The number of carbonyl (C=O) groups excluding carboxylic acids is 1. The molecule has 0 radical (unpaired) electrons. The molecule has 1 N–H and O–H groups in total. The van der Waals surface area contributed by atoms with Crippen molar-refractivity contribution in [2.24, 2.45) is 0 Å². The van der Waals surface area contributed by atoms with E-state index in [1.807, 2.05) is 20.8 Å². The Hall–Kier alpha value is -2.42. The molecule has 0 aliphatic rings. The number of carbonyl (C=O) groups is 1. The van der Waals surface area contributed by atoms with Crippen molar-refractivity contribution < 1.29 is 27.4 Å². The summed E-state index contributed by atoms with van der Waals surface area (Å²) in [5.41, 5.74) is 0.503. The zero-order valence-electron chi connectivity index (χ0n) is 17.6. The Morgan fingerprint density at radius 2 is 1.93 bits per heavy atom. The topological polar surface area (TPSA) is 65.4 Å². The second-order valence-corrected chi connectivity index (χ2v) is 8.01. The molecule has 0 spiro atoms. The average molecular weight is 448 g/mol. The van der Waals surface area contributed by atoms with Gasteiger partial charge in [0.25, 0.3) is 0 Å². The second-order valence-electron chi connectivity index (χ2n) is 7.64. The summed E-state index contributed by atoms with van der Waals surface area (Å²) < 4.78 is 50.6. The lowest BCUT2D eigenvalue weighted by atomic mass is 10.0. The molecule has 0 aliphatic heterocycles. The summed E-state index contributed by atoms with van der Waals surface area (Å²) in [5.74, 6) is -0.389. The zero-order valence-corrected chi connectivity index (χ0v) is 18.4. The number of hydrogen-bond acceptors (Lipinski definition) is 5. The van der Waals surface area contributed by atoms with Crippen molar-refractivity contribution >= 4 is 23.3 Å². The fraction of sp³-hybridized carbons (Fsp3) is 0.500. The molecule has 6 nitrogen and oxygen atoms in total. The van der Waals surface area contributed by atoms with Crippen LogP contribution in [-0.2, 0) is 10.3 Å². The van der Waals surface area contributed by atoms with Crippen LogP contribution in [0.2, 0.25) is 5.02 Å². The molecule has 0 bridgehead atoms. The SMILES string of the molecule is CCOC(=O)c1nn(C(C)(C)C)c(-c2ccc(NC(C)C(F)(F)F)cc2OC)c1Cl. The zero-order chi connectivity index (χ0) is 22.9. The summed E-state index contributed by atoms with van der Waals surface area (Å²) in [5, 5.41) is 6.82. The van der Waals surface area contributed by atoms with Crippen LogP contribution in [-0.4, -0.2) is 41.7 Å². The quantitative estimate of drug-likeness (QED) is 0.592. The molecule has 1 unspecified atom stereocenters. The number of benzene rings is 1. The molecule has 2 rings (SSSR count). The van der Waals surface area contributed by atoms with Crippen LogP contribution in [0.3, 0.4) is 0 Å². The number of nitrogens with one attached hydrogen (secondary N) is 1. The minimum Gasteiger partial charge on any atom is -0.496 e. The maximum atomic E-state index is 12.9. The maximum absolute atomic E-state index is 12.9. The Morgan fingerprint density at radius 1 is 1.30 bits per heavy atom. The Bertz CT molecular complexity index is 920. The first kappa shape index (κ1) is 23.9. The molecule has 1 atom stereocenters. The van der Waals surface area contributed by atoms with Gasteiger partial charge in [-0.1, -0.05) is 11.6 Å². The molecular formula is C20H25ClF3N3O3. The number of anilines is 1. The van der Waals surface area contributed by atoms with Gasteiger partial charge in [-0.25, -0.2) is 4.79 Å². The fourth-order valence-corrected chi connectivity index (χ4v) is 3.05. The van der Waals surface area contributed by atoms with E-state index in [2.05, 4.69) is 10.4 Å². The smallest absolute Gasteiger partial charge is 0.408 e. The largest absolute Gasteiger partial charge is 0.496 e. The first-order chi connectivity index (χ1) is 13.8. The van der Waals surface area contributed by atoms with Crippen molar-refractivity contribution in [2.75, 3.05) is 19.0 Å². The van der Waals surface area contributed by atoms with E-state index in [0.29, 0.717) is 11.3 Å². The molecule has 1 aromatic carbocycles. The highest BCUT2D eigenvalue weighted by atomic mass is 35.5.